The Kier molecular flexibility index (Phi) is 5.88. The molecule has 0 radical (unpaired) electrons. The number of ether oxygens (including phenoxy) is 1. The maximum atomic E-state index is 13.0. The standard InChI is InChI=1S/C18H16B3ClF3NO5S/c19-16(9-1-3-11(4-2-9)18(23,24)25)14(27)13(15(26)30-16)31-32(28,29)17(20,21)10-5-7-12(22)8-6-10/h1-8H,19-21,26H2. The fourth-order valence-corrected chi connectivity index (χ4v) is 4.23. The van der Waals surface area contributed by atoms with Crippen molar-refractivity contribution in [3.8, 4) is 0 Å². The van der Waals surface area contributed by atoms with Crippen LogP contribution in [0, 0.1) is 0 Å². The van der Waals surface area contributed by atoms with Crippen LogP contribution in [-0.2, 0) is 40.1 Å². The Morgan fingerprint density at radius 3 is 2.00 bits per heavy atom. The van der Waals surface area contributed by atoms with Crippen LogP contribution in [0.2, 0.25) is 5.02 Å². The Labute approximate surface area is 190 Å². The zero-order valence-electron chi connectivity index (χ0n) is 17.2. The number of benzene rings is 2. The number of hydrogen-bond donors (Lipinski definition) is 1. The smallest absolute Gasteiger partial charge is 0.416 e. The highest BCUT2D eigenvalue weighted by Crippen LogP contribution is 2.39. The van der Waals surface area contributed by atoms with Crippen LogP contribution in [0.5, 0.6) is 0 Å². The zero-order valence-corrected chi connectivity index (χ0v) is 18.7. The Balaban J connectivity index is 1.90. The predicted octanol–water partition coefficient (Wildman–Crippen LogP) is 0.295. The van der Waals surface area contributed by atoms with Crippen molar-refractivity contribution < 1.29 is 35.3 Å². The van der Waals surface area contributed by atoms with Gasteiger partial charge in [-0.3, -0.25) is 4.79 Å². The van der Waals surface area contributed by atoms with Crippen molar-refractivity contribution in [3.63, 3.8) is 0 Å². The van der Waals surface area contributed by atoms with Gasteiger partial charge in [0.2, 0.25) is 17.4 Å². The van der Waals surface area contributed by atoms with Crippen molar-refractivity contribution in [2.24, 2.45) is 5.73 Å². The van der Waals surface area contributed by atoms with Crippen molar-refractivity contribution in [2.45, 2.75) is 16.2 Å². The highest BCUT2D eigenvalue weighted by Gasteiger charge is 2.51. The van der Waals surface area contributed by atoms with Crippen LogP contribution in [0.1, 0.15) is 16.7 Å². The molecule has 6 nitrogen and oxygen atoms in total. The number of nitrogens with two attached hydrogens (primary N) is 1. The van der Waals surface area contributed by atoms with Gasteiger partial charge in [-0.1, -0.05) is 35.9 Å². The van der Waals surface area contributed by atoms with Gasteiger partial charge in [0, 0.05) is 5.02 Å². The molecule has 1 aliphatic heterocycles. The monoisotopic (exact) mass is 483 g/mol. The minimum atomic E-state index is -4.56. The Bertz CT molecular complexity index is 1200. The van der Waals surface area contributed by atoms with Crippen molar-refractivity contribution in [3.05, 3.63) is 81.9 Å². The maximum absolute atomic E-state index is 13.0. The fraction of sp³-hybridized carbons (Fsp3) is 0.167. The van der Waals surface area contributed by atoms with Crippen molar-refractivity contribution in [2.75, 3.05) is 0 Å². The quantitative estimate of drug-likeness (QED) is 0.486. The molecule has 32 heavy (non-hydrogen) atoms. The average molecular weight is 483 g/mol. The summed E-state index contributed by atoms with van der Waals surface area (Å²) in [4.78, 5) is 13.0. The van der Waals surface area contributed by atoms with Crippen LogP contribution in [0.25, 0.3) is 0 Å². The van der Waals surface area contributed by atoms with E-state index in [2.05, 4.69) is 0 Å². The van der Waals surface area contributed by atoms with E-state index in [9.17, 15) is 26.4 Å². The molecule has 1 heterocycles. The minimum Gasteiger partial charge on any atom is -0.467 e. The normalized spacial score (nSPS) is 19.7. The number of ketones is 1. The summed E-state index contributed by atoms with van der Waals surface area (Å²) >= 11 is 5.85. The summed E-state index contributed by atoms with van der Waals surface area (Å²) in [6.07, 6.45) is -4.56. The van der Waals surface area contributed by atoms with Gasteiger partial charge in [0.15, 0.2) is 13.3 Å². The van der Waals surface area contributed by atoms with Gasteiger partial charge in [-0.05, 0) is 35.4 Å². The van der Waals surface area contributed by atoms with E-state index in [0.717, 1.165) is 24.3 Å². The van der Waals surface area contributed by atoms with E-state index in [1.165, 1.54) is 47.8 Å². The Morgan fingerprint density at radius 2 is 1.50 bits per heavy atom. The molecule has 0 saturated carbocycles. The molecule has 14 heteroatoms. The first-order valence-electron chi connectivity index (χ1n) is 9.21. The lowest BCUT2D eigenvalue weighted by Gasteiger charge is -2.26. The molecule has 0 saturated heterocycles. The summed E-state index contributed by atoms with van der Waals surface area (Å²) in [6.45, 7) is 0. The highest BCUT2D eigenvalue weighted by atomic mass is 35.5. The van der Waals surface area contributed by atoms with E-state index in [4.69, 9.17) is 26.3 Å². The van der Waals surface area contributed by atoms with Crippen molar-refractivity contribution in [1.82, 2.24) is 0 Å². The Morgan fingerprint density at radius 1 is 1.00 bits per heavy atom. The first-order chi connectivity index (χ1) is 14.6. The number of hydrogen-bond acceptors (Lipinski definition) is 6. The van der Waals surface area contributed by atoms with Crippen LogP contribution in [0.4, 0.5) is 13.2 Å². The third-order valence-corrected chi connectivity index (χ3v) is 7.42. The van der Waals surface area contributed by atoms with Gasteiger partial charge in [0.1, 0.15) is 15.7 Å². The molecule has 0 aliphatic carbocycles. The summed E-state index contributed by atoms with van der Waals surface area (Å²) in [6, 6.07) is 9.70. The predicted molar refractivity (Wildman–Crippen MR) is 119 cm³/mol. The molecule has 2 aromatic carbocycles. The van der Waals surface area contributed by atoms with Gasteiger partial charge in [-0.25, -0.2) is 0 Å². The second-order valence-corrected chi connectivity index (χ2v) is 10.3. The summed E-state index contributed by atoms with van der Waals surface area (Å²) < 4.78 is 73.4. The average Bonchev–Trinajstić information content (AvgIpc) is 2.91. The largest absolute Gasteiger partial charge is 0.467 e. The zero-order chi connectivity index (χ0) is 24.1. The second kappa shape index (κ2) is 7.81. The summed E-state index contributed by atoms with van der Waals surface area (Å²) in [5.74, 6) is -2.27. The molecule has 1 atom stereocenters. The lowest BCUT2D eigenvalue weighted by atomic mass is 9.65. The topological polar surface area (TPSA) is 95.7 Å². The van der Waals surface area contributed by atoms with Crippen molar-refractivity contribution in [1.29, 1.82) is 0 Å². The fourth-order valence-electron chi connectivity index (χ4n) is 3.10. The van der Waals surface area contributed by atoms with E-state index < -0.39 is 49.3 Å². The number of carbonyl (C=O) groups is 1. The minimum absolute atomic E-state index is 0.0476. The lowest BCUT2D eigenvalue weighted by Crippen LogP contribution is -2.40. The first-order valence-corrected chi connectivity index (χ1v) is 11.0. The van der Waals surface area contributed by atoms with Gasteiger partial charge in [-0.15, -0.1) is 0 Å². The van der Waals surface area contributed by atoms with E-state index in [0.29, 0.717) is 10.6 Å². The van der Waals surface area contributed by atoms with Gasteiger partial charge in [-0.2, -0.15) is 21.6 Å². The summed E-state index contributed by atoms with van der Waals surface area (Å²) in [7, 11) is -0.457. The molecule has 0 bridgehead atoms. The second-order valence-electron chi connectivity index (χ2n) is 7.79. The highest BCUT2D eigenvalue weighted by molar-refractivity contribution is 7.90. The van der Waals surface area contributed by atoms with E-state index in [-0.39, 0.29) is 5.56 Å². The molecule has 0 amide bonds. The number of alkyl halides is 3. The van der Waals surface area contributed by atoms with Crippen LogP contribution < -0.4 is 5.73 Å². The molecule has 0 fully saturated rings. The number of halogens is 4. The van der Waals surface area contributed by atoms with Gasteiger partial charge in [0.05, 0.1) is 10.1 Å². The summed E-state index contributed by atoms with van der Waals surface area (Å²) in [5, 5.41) is 0.404. The van der Waals surface area contributed by atoms with Crippen LogP contribution in [0.3, 0.4) is 0 Å². The lowest BCUT2D eigenvalue weighted by molar-refractivity contribution is -0.137. The molecular weight excluding hydrogens is 467 g/mol. The summed E-state index contributed by atoms with van der Waals surface area (Å²) in [5.41, 5.74) is 3.36. The molecule has 1 unspecified atom stereocenters. The van der Waals surface area contributed by atoms with Crippen LogP contribution in [-0.4, -0.2) is 37.7 Å². The van der Waals surface area contributed by atoms with Gasteiger partial charge in [0.25, 0.3) is 0 Å². The van der Waals surface area contributed by atoms with E-state index in [1.807, 2.05) is 0 Å². The van der Waals surface area contributed by atoms with E-state index >= 15 is 0 Å². The molecule has 2 N–H and O–H groups in total. The maximum Gasteiger partial charge on any atom is 0.416 e. The first kappa shape index (κ1) is 24.1. The molecule has 0 spiro atoms. The van der Waals surface area contributed by atoms with Crippen LogP contribution >= 0.6 is 11.6 Å². The molecular formula is C18H16B3ClF3NO5S. The van der Waals surface area contributed by atoms with Crippen LogP contribution in [0.15, 0.2) is 60.2 Å². The molecule has 3 rings (SSSR count). The number of Topliss-reactive ketones (excluding diaryl/α,β-unsaturated/α-hetero) is 1. The molecule has 0 aromatic heterocycles. The third kappa shape index (κ3) is 4.11. The Hall–Kier alpha value is -2.53. The van der Waals surface area contributed by atoms with Gasteiger partial charge >= 0.3 is 16.3 Å². The SMILES string of the molecule is BC1(c2ccc(C(F)(F)F)cc2)OC(N)=C(OS(=O)(=O)C(B)(B)c2ccc(Cl)cc2)C1=O. The van der Waals surface area contributed by atoms with Gasteiger partial charge < -0.3 is 14.7 Å². The molecule has 2 aromatic rings. The number of rotatable bonds is 5. The van der Waals surface area contributed by atoms with Crippen molar-refractivity contribution >= 4 is 51.0 Å². The third-order valence-electron chi connectivity index (χ3n) is 5.30. The molecule has 166 valence electrons. The van der Waals surface area contributed by atoms with E-state index in [1.54, 1.807) is 0 Å². The number of carbonyl (C=O) groups excluding carboxylic acids is 1. The molecule has 1 aliphatic rings.